The van der Waals surface area contributed by atoms with E-state index < -0.39 is 0 Å². The molecule has 1 heterocycles. The number of carbonyl (C=O) groups excluding carboxylic acids is 1. The number of aromatic amines is 1. The molecule has 5 heteroatoms. The van der Waals surface area contributed by atoms with Crippen LogP contribution >= 0.6 is 0 Å². The summed E-state index contributed by atoms with van der Waals surface area (Å²) in [6.07, 6.45) is 2.91. The van der Waals surface area contributed by atoms with Crippen molar-refractivity contribution in [3.05, 3.63) is 17.5 Å². The molecule has 1 aromatic heterocycles. The van der Waals surface area contributed by atoms with Gasteiger partial charge in [-0.05, 0) is 38.2 Å². The summed E-state index contributed by atoms with van der Waals surface area (Å²) < 4.78 is 0. The van der Waals surface area contributed by atoms with Gasteiger partial charge in [0.1, 0.15) is 5.69 Å². The second-order valence-corrected chi connectivity index (χ2v) is 4.37. The van der Waals surface area contributed by atoms with Gasteiger partial charge in [-0.1, -0.05) is 0 Å². The summed E-state index contributed by atoms with van der Waals surface area (Å²) in [5, 5.41) is 18.5. The molecule has 1 aliphatic rings. The molecule has 0 radical (unpaired) electrons. The molecule has 2 rings (SSSR count). The summed E-state index contributed by atoms with van der Waals surface area (Å²) in [6.45, 7) is 1.97. The second-order valence-electron chi connectivity index (χ2n) is 4.37. The normalized spacial score (nSPS) is 17.1. The summed E-state index contributed by atoms with van der Waals surface area (Å²) in [4.78, 5) is 11.8. The zero-order chi connectivity index (χ0) is 11.5. The highest BCUT2D eigenvalue weighted by atomic mass is 16.3. The molecule has 0 saturated heterocycles. The van der Waals surface area contributed by atoms with Crippen molar-refractivity contribution in [1.82, 2.24) is 15.5 Å². The predicted molar refractivity (Wildman–Crippen MR) is 59.0 cm³/mol. The third kappa shape index (κ3) is 2.61. The first-order chi connectivity index (χ1) is 7.70. The molecule has 16 heavy (non-hydrogen) atoms. The SMILES string of the molecule is Cc1cc(C(=O)NC(CCO)C2CC2)n[nH]1. The molecule has 88 valence electrons. The summed E-state index contributed by atoms with van der Waals surface area (Å²) in [6, 6.07) is 1.81. The van der Waals surface area contributed by atoms with Gasteiger partial charge in [-0.2, -0.15) is 5.10 Å². The van der Waals surface area contributed by atoms with Crippen molar-refractivity contribution in [2.24, 2.45) is 5.92 Å². The van der Waals surface area contributed by atoms with Gasteiger partial charge in [-0.15, -0.1) is 0 Å². The maximum Gasteiger partial charge on any atom is 0.272 e. The molecule has 0 bridgehead atoms. The third-order valence-electron chi connectivity index (χ3n) is 2.89. The van der Waals surface area contributed by atoms with Gasteiger partial charge in [0.15, 0.2) is 0 Å². The number of hydrogen-bond acceptors (Lipinski definition) is 3. The molecule has 3 N–H and O–H groups in total. The van der Waals surface area contributed by atoms with Crippen molar-refractivity contribution in [2.45, 2.75) is 32.2 Å². The Kier molecular flexibility index (Phi) is 3.24. The summed E-state index contributed by atoms with van der Waals surface area (Å²) >= 11 is 0. The number of rotatable bonds is 5. The monoisotopic (exact) mass is 223 g/mol. The zero-order valence-corrected chi connectivity index (χ0v) is 9.36. The fourth-order valence-corrected chi connectivity index (χ4v) is 1.84. The lowest BCUT2D eigenvalue weighted by Crippen LogP contribution is -2.37. The van der Waals surface area contributed by atoms with Gasteiger partial charge in [-0.3, -0.25) is 9.89 Å². The van der Waals surface area contributed by atoms with Gasteiger partial charge in [0, 0.05) is 18.3 Å². The van der Waals surface area contributed by atoms with Crippen molar-refractivity contribution >= 4 is 5.91 Å². The number of aromatic nitrogens is 2. The Bertz CT molecular complexity index is 371. The maximum atomic E-state index is 11.8. The van der Waals surface area contributed by atoms with Crippen LogP contribution in [-0.4, -0.2) is 33.9 Å². The zero-order valence-electron chi connectivity index (χ0n) is 9.36. The Labute approximate surface area is 94.2 Å². The van der Waals surface area contributed by atoms with Crippen LogP contribution in [0.2, 0.25) is 0 Å². The summed E-state index contributed by atoms with van der Waals surface area (Å²) in [5.41, 5.74) is 1.29. The van der Waals surface area contributed by atoms with E-state index in [0.29, 0.717) is 18.0 Å². The lowest BCUT2D eigenvalue weighted by Gasteiger charge is -2.15. The van der Waals surface area contributed by atoms with E-state index in [1.807, 2.05) is 6.92 Å². The molecule has 1 atom stereocenters. The fraction of sp³-hybridized carbons (Fsp3) is 0.636. The van der Waals surface area contributed by atoms with Crippen LogP contribution in [0.25, 0.3) is 0 Å². The number of amides is 1. The highest BCUT2D eigenvalue weighted by molar-refractivity contribution is 5.92. The summed E-state index contributed by atoms with van der Waals surface area (Å²) in [7, 11) is 0. The van der Waals surface area contributed by atoms with Crippen molar-refractivity contribution in [1.29, 1.82) is 0 Å². The highest BCUT2D eigenvalue weighted by Gasteiger charge is 2.32. The number of aliphatic hydroxyl groups is 1. The molecule has 1 aliphatic carbocycles. The maximum absolute atomic E-state index is 11.8. The van der Waals surface area contributed by atoms with Crippen LogP contribution < -0.4 is 5.32 Å². The van der Waals surface area contributed by atoms with Crippen LogP contribution in [0.5, 0.6) is 0 Å². The number of H-pyrrole nitrogens is 1. The van der Waals surface area contributed by atoms with Crippen LogP contribution in [0, 0.1) is 12.8 Å². The minimum absolute atomic E-state index is 0.0921. The minimum Gasteiger partial charge on any atom is -0.396 e. The molecule has 0 spiro atoms. The molecule has 1 amide bonds. The van der Waals surface area contributed by atoms with Gasteiger partial charge in [0.2, 0.25) is 0 Å². The Hall–Kier alpha value is -1.36. The quantitative estimate of drug-likeness (QED) is 0.684. The van der Waals surface area contributed by atoms with E-state index in [4.69, 9.17) is 5.11 Å². The van der Waals surface area contributed by atoms with E-state index in [0.717, 1.165) is 18.5 Å². The number of nitrogens with one attached hydrogen (secondary N) is 2. The number of aryl methyl sites for hydroxylation is 1. The minimum atomic E-state index is -0.158. The highest BCUT2D eigenvalue weighted by Crippen LogP contribution is 2.33. The lowest BCUT2D eigenvalue weighted by atomic mass is 10.1. The number of aliphatic hydroxyl groups excluding tert-OH is 1. The second kappa shape index (κ2) is 4.65. The van der Waals surface area contributed by atoms with Crippen molar-refractivity contribution in [2.75, 3.05) is 6.61 Å². The Morgan fingerprint density at radius 2 is 2.50 bits per heavy atom. The van der Waals surface area contributed by atoms with Gasteiger partial charge in [0.05, 0.1) is 0 Å². The van der Waals surface area contributed by atoms with Crippen LogP contribution in [0.15, 0.2) is 6.07 Å². The van der Waals surface area contributed by atoms with E-state index in [1.54, 1.807) is 6.07 Å². The number of carbonyl (C=O) groups is 1. The molecule has 0 aliphatic heterocycles. The molecular formula is C11H17N3O2. The number of nitrogens with zero attached hydrogens (tertiary/aromatic N) is 1. The first-order valence-corrected chi connectivity index (χ1v) is 5.64. The summed E-state index contributed by atoms with van der Waals surface area (Å²) in [5.74, 6) is 0.380. The fourth-order valence-electron chi connectivity index (χ4n) is 1.84. The lowest BCUT2D eigenvalue weighted by molar-refractivity contribution is 0.0919. The largest absolute Gasteiger partial charge is 0.396 e. The average Bonchev–Trinajstić information content (AvgIpc) is 3.00. The average molecular weight is 223 g/mol. The van der Waals surface area contributed by atoms with Crippen LogP contribution in [0.1, 0.15) is 35.4 Å². The standard InChI is InChI=1S/C11H17N3O2/c1-7-6-10(14-13-7)11(16)12-9(4-5-15)8-2-3-8/h6,8-9,15H,2-5H2,1H3,(H,12,16)(H,13,14). The molecule has 5 nitrogen and oxygen atoms in total. The third-order valence-corrected chi connectivity index (χ3v) is 2.89. The van der Waals surface area contributed by atoms with Crippen molar-refractivity contribution in [3.8, 4) is 0 Å². The Morgan fingerprint density at radius 1 is 1.75 bits per heavy atom. The molecule has 1 unspecified atom stereocenters. The smallest absolute Gasteiger partial charge is 0.272 e. The van der Waals surface area contributed by atoms with Crippen LogP contribution in [-0.2, 0) is 0 Å². The molecule has 1 saturated carbocycles. The predicted octanol–water partition coefficient (Wildman–Crippen LogP) is 0.609. The van der Waals surface area contributed by atoms with E-state index in [1.165, 1.54) is 0 Å². The molecule has 1 fully saturated rings. The first kappa shape index (κ1) is 11.1. The van der Waals surface area contributed by atoms with E-state index in [2.05, 4.69) is 15.5 Å². The molecular weight excluding hydrogens is 206 g/mol. The Balaban J connectivity index is 1.94. The molecule has 1 aromatic rings. The van der Waals surface area contributed by atoms with Crippen LogP contribution in [0.4, 0.5) is 0 Å². The van der Waals surface area contributed by atoms with Gasteiger partial charge < -0.3 is 10.4 Å². The first-order valence-electron chi connectivity index (χ1n) is 5.64. The van der Waals surface area contributed by atoms with Crippen LogP contribution in [0.3, 0.4) is 0 Å². The van der Waals surface area contributed by atoms with E-state index in [-0.39, 0.29) is 18.6 Å². The topological polar surface area (TPSA) is 78.0 Å². The van der Waals surface area contributed by atoms with E-state index in [9.17, 15) is 4.79 Å². The van der Waals surface area contributed by atoms with Crippen molar-refractivity contribution in [3.63, 3.8) is 0 Å². The number of hydrogen-bond donors (Lipinski definition) is 3. The van der Waals surface area contributed by atoms with Gasteiger partial charge in [-0.25, -0.2) is 0 Å². The van der Waals surface area contributed by atoms with Gasteiger partial charge >= 0.3 is 0 Å². The van der Waals surface area contributed by atoms with E-state index >= 15 is 0 Å². The molecule has 0 aromatic carbocycles. The van der Waals surface area contributed by atoms with Gasteiger partial charge in [0.25, 0.3) is 5.91 Å². The van der Waals surface area contributed by atoms with Crippen molar-refractivity contribution < 1.29 is 9.90 Å². The Morgan fingerprint density at radius 3 is 3.00 bits per heavy atom.